The normalized spacial score (nSPS) is 24.0. The van der Waals surface area contributed by atoms with Crippen LogP contribution < -0.4 is 0 Å². The molecule has 1 aliphatic carbocycles. The molecule has 1 unspecified atom stereocenters. The summed E-state index contributed by atoms with van der Waals surface area (Å²) in [7, 11) is 0. The highest BCUT2D eigenvalue weighted by molar-refractivity contribution is 5.12. The summed E-state index contributed by atoms with van der Waals surface area (Å²) in [5.41, 5.74) is 1.32. The highest BCUT2D eigenvalue weighted by atomic mass is 16.3. The summed E-state index contributed by atoms with van der Waals surface area (Å²) in [5, 5.41) is 9.07. The van der Waals surface area contributed by atoms with Gasteiger partial charge in [0.1, 0.15) is 0 Å². The lowest BCUT2D eigenvalue weighted by atomic mass is 10.1. The molecule has 1 heteroatoms. The van der Waals surface area contributed by atoms with Gasteiger partial charge in [-0.3, -0.25) is 0 Å². The Morgan fingerprint density at radius 3 is 3.10 bits per heavy atom. The van der Waals surface area contributed by atoms with Crippen LogP contribution in [0.2, 0.25) is 0 Å². The van der Waals surface area contributed by atoms with E-state index in [0.29, 0.717) is 0 Å². The number of hydrogen-bond acceptors (Lipinski definition) is 1. The molecule has 0 bridgehead atoms. The van der Waals surface area contributed by atoms with Gasteiger partial charge in [0.2, 0.25) is 0 Å². The molecule has 1 atom stereocenters. The van der Waals surface area contributed by atoms with Crippen molar-refractivity contribution in [1.82, 2.24) is 0 Å². The number of rotatable bonds is 2. The average molecular weight is 136 g/mol. The monoisotopic (exact) mass is 136 g/mol. The molecule has 1 aliphatic rings. The summed E-state index contributed by atoms with van der Waals surface area (Å²) < 4.78 is 0. The van der Waals surface area contributed by atoms with Crippen LogP contribution >= 0.6 is 0 Å². The Bertz CT molecular complexity index is 174. The number of aliphatic hydroxyl groups excluding tert-OH is 1. The molecule has 0 saturated carbocycles. The lowest BCUT2D eigenvalue weighted by molar-refractivity contribution is 0.223. The molecule has 0 amide bonds. The second-order valence-electron chi connectivity index (χ2n) is 2.64. The van der Waals surface area contributed by atoms with Gasteiger partial charge in [0, 0.05) is 6.42 Å². The van der Waals surface area contributed by atoms with Gasteiger partial charge in [0.15, 0.2) is 0 Å². The van der Waals surface area contributed by atoms with E-state index in [1.807, 2.05) is 6.08 Å². The molecule has 0 spiro atoms. The van der Waals surface area contributed by atoms with Crippen molar-refractivity contribution in [2.45, 2.75) is 31.8 Å². The van der Waals surface area contributed by atoms with E-state index in [0.717, 1.165) is 25.7 Å². The fourth-order valence-electron chi connectivity index (χ4n) is 1.21. The Kier molecular flexibility index (Phi) is 2.53. The van der Waals surface area contributed by atoms with Crippen molar-refractivity contribution in [2.24, 2.45) is 0 Å². The van der Waals surface area contributed by atoms with Crippen LogP contribution in [0.4, 0.5) is 0 Å². The van der Waals surface area contributed by atoms with Gasteiger partial charge in [-0.05, 0) is 19.3 Å². The van der Waals surface area contributed by atoms with E-state index in [2.05, 4.69) is 5.92 Å². The van der Waals surface area contributed by atoms with Gasteiger partial charge in [0.25, 0.3) is 0 Å². The number of allylic oxidation sites excluding steroid dienone is 1. The average Bonchev–Trinajstić information content (AvgIpc) is 2.31. The molecule has 0 fully saturated rings. The Hall–Kier alpha value is -0.740. The number of aliphatic hydroxyl groups is 1. The summed E-state index contributed by atoms with van der Waals surface area (Å²) in [6, 6.07) is 0. The number of hydrogen-bond donors (Lipinski definition) is 1. The van der Waals surface area contributed by atoms with Crippen LogP contribution in [0.25, 0.3) is 0 Å². The first-order valence-corrected chi connectivity index (χ1v) is 3.64. The van der Waals surface area contributed by atoms with Crippen molar-refractivity contribution in [1.29, 1.82) is 0 Å². The van der Waals surface area contributed by atoms with Crippen LogP contribution in [0.5, 0.6) is 0 Å². The molecular weight excluding hydrogens is 124 g/mol. The van der Waals surface area contributed by atoms with Crippen LogP contribution in [0.1, 0.15) is 25.7 Å². The minimum atomic E-state index is -0.201. The highest BCUT2D eigenvalue weighted by Crippen LogP contribution is 2.21. The largest absolute Gasteiger partial charge is 0.389 e. The standard InChI is InChI=1S/C9H12O/c1-2-3-4-8-5-6-9(10)7-8/h1,7,9-10H,3-6H2. The summed E-state index contributed by atoms with van der Waals surface area (Å²) in [6.07, 6.45) is 10.5. The van der Waals surface area contributed by atoms with Gasteiger partial charge in [-0.1, -0.05) is 11.6 Å². The van der Waals surface area contributed by atoms with Crippen LogP contribution in [0.15, 0.2) is 11.6 Å². The summed E-state index contributed by atoms with van der Waals surface area (Å²) in [6.45, 7) is 0. The first-order valence-electron chi connectivity index (χ1n) is 3.64. The van der Waals surface area contributed by atoms with Gasteiger partial charge >= 0.3 is 0 Å². The van der Waals surface area contributed by atoms with Crippen LogP contribution in [0, 0.1) is 12.3 Å². The van der Waals surface area contributed by atoms with Gasteiger partial charge in [0.05, 0.1) is 6.10 Å². The molecule has 0 aromatic carbocycles. The topological polar surface area (TPSA) is 20.2 Å². The van der Waals surface area contributed by atoms with Crippen molar-refractivity contribution in [3.05, 3.63) is 11.6 Å². The molecule has 54 valence electrons. The molecular formula is C9H12O. The summed E-state index contributed by atoms with van der Waals surface area (Å²) in [4.78, 5) is 0. The van der Waals surface area contributed by atoms with E-state index in [9.17, 15) is 0 Å². The zero-order valence-corrected chi connectivity index (χ0v) is 6.01. The zero-order valence-electron chi connectivity index (χ0n) is 6.01. The molecule has 1 nitrogen and oxygen atoms in total. The Morgan fingerprint density at radius 1 is 1.80 bits per heavy atom. The highest BCUT2D eigenvalue weighted by Gasteiger charge is 2.11. The van der Waals surface area contributed by atoms with Gasteiger partial charge in [-0.25, -0.2) is 0 Å². The van der Waals surface area contributed by atoms with E-state index < -0.39 is 0 Å². The molecule has 1 N–H and O–H groups in total. The second-order valence-corrected chi connectivity index (χ2v) is 2.64. The predicted octanol–water partition coefficient (Wildman–Crippen LogP) is 1.48. The van der Waals surface area contributed by atoms with Crippen LogP contribution in [-0.4, -0.2) is 11.2 Å². The molecule has 1 rings (SSSR count). The first kappa shape index (κ1) is 7.37. The van der Waals surface area contributed by atoms with Gasteiger partial charge in [-0.2, -0.15) is 0 Å². The third kappa shape index (κ3) is 1.89. The quantitative estimate of drug-likeness (QED) is 0.450. The van der Waals surface area contributed by atoms with E-state index in [1.54, 1.807) is 0 Å². The lowest BCUT2D eigenvalue weighted by Crippen LogP contribution is -1.93. The molecule has 0 heterocycles. The molecule has 0 aliphatic heterocycles. The van der Waals surface area contributed by atoms with Crippen LogP contribution in [-0.2, 0) is 0 Å². The minimum absolute atomic E-state index is 0.201. The zero-order chi connectivity index (χ0) is 7.40. The Labute approximate surface area is 61.8 Å². The molecule has 0 radical (unpaired) electrons. The van der Waals surface area contributed by atoms with Gasteiger partial charge in [-0.15, -0.1) is 12.3 Å². The fourth-order valence-corrected chi connectivity index (χ4v) is 1.21. The maximum Gasteiger partial charge on any atom is 0.0726 e. The van der Waals surface area contributed by atoms with E-state index in [-0.39, 0.29) is 6.10 Å². The van der Waals surface area contributed by atoms with Crippen molar-refractivity contribution in [3.63, 3.8) is 0 Å². The molecule has 0 saturated heterocycles. The summed E-state index contributed by atoms with van der Waals surface area (Å²) >= 11 is 0. The van der Waals surface area contributed by atoms with E-state index >= 15 is 0 Å². The molecule has 0 aromatic heterocycles. The Balaban J connectivity index is 2.30. The van der Waals surface area contributed by atoms with Crippen molar-refractivity contribution in [3.8, 4) is 12.3 Å². The smallest absolute Gasteiger partial charge is 0.0726 e. The third-order valence-electron chi connectivity index (χ3n) is 1.78. The number of terminal acetylenes is 1. The summed E-state index contributed by atoms with van der Waals surface area (Å²) in [5.74, 6) is 2.59. The van der Waals surface area contributed by atoms with Crippen molar-refractivity contribution < 1.29 is 5.11 Å². The SMILES string of the molecule is C#CCCC1=CC(O)CC1. The predicted molar refractivity (Wildman–Crippen MR) is 41.4 cm³/mol. The minimum Gasteiger partial charge on any atom is -0.389 e. The van der Waals surface area contributed by atoms with Gasteiger partial charge < -0.3 is 5.11 Å². The van der Waals surface area contributed by atoms with Crippen LogP contribution in [0.3, 0.4) is 0 Å². The first-order chi connectivity index (χ1) is 4.83. The van der Waals surface area contributed by atoms with Crippen molar-refractivity contribution in [2.75, 3.05) is 0 Å². The Morgan fingerprint density at radius 2 is 2.60 bits per heavy atom. The maximum absolute atomic E-state index is 9.07. The fraction of sp³-hybridized carbons (Fsp3) is 0.556. The van der Waals surface area contributed by atoms with E-state index in [1.165, 1.54) is 5.57 Å². The lowest BCUT2D eigenvalue weighted by Gasteiger charge is -1.93. The molecule has 10 heavy (non-hydrogen) atoms. The maximum atomic E-state index is 9.07. The molecule has 0 aromatic rings. The second kappa shape index (κ2) is 3.43. The third-order valence-corrected chi connectivity index (χ3v) is 1.78. The van der Waals surface area contributed by atoms with E-state index in [4.69, 9.17) is 11.5 Å². The van der Waals surface area contributed by atoms with Crippen molar-refractivity contribution >= 4 is 0 Å².